The van der Waals surface area contributed by atoms with Crippen molar-refractivity contribution in [2.75, 3.05) is 27.3 Å². The Morgan fingerprint density at radius 3 is 1.44 bits per heavy atom. The molecule has 552 valence electrons. The molecule has 4 aliphatic carbocycles. The van der Waals surface area contributed by atoms with E-state index in [0.717, 1.165) is 59.9 Å². The lowest BCUT2D eigenvalue weighted by Gasteiger charge is -2.30. The third kappa shape index (κ3) is 19.7. The SMILES string of the molecule is COc1ccc2nc(O[C@@H]3C[C@H]4C(=O)N[C@]5(C(=O)NS(=O)(=O)C6CC6)C[C@H]5/C=C\CCCCC[C@H](NC(=O)OC(C)(C)C)C(=O)N4C3)sc2c1.COc1ccc2nc(O[C@@H]3C[C@H]4C(=O)N[C@]5(C(=O)O)C[C@H]5/C=C\CCCCC[C@H](NC(=O)OC(C)(C)C)C(=O)N4C3)sc2c1.NS(=O)(=O)C1CC1. The van der Waals surface area contributed by atoms with Gasteiger partial charge >= 0.3 is 18.2 Å². The quantitative estimate of drug-likeness (QED) is 0.0661. The fraction of sp³-hybridized carbons (Fsp3) is 0.618. The highest BCUT2D eigenvalue weighted by atomic mass is 32.2. The number of aromatic nitrogens is 2. The molecule has 0 spiro atoms. The van der Waals surface area contributed by atoms with E-state index in [9.17, 15) is 60.3 Å². The van der Waals surface area contributed by atoms with E-state index < -0.39 is 138 Å². The zero-order valence-corrected chi connectivity index (χ0v) is 61.3. The molecule has 101 heavy (non-hydrogen) atoms. The summed E-state index contributed by atoms with van der Waals surface area (Å²) in [5.74, 6) is -3.38. The van der Waals surface area contributed by atoms with Gasteiger partial charge in [0.05, 0.1) is 58.2 Å². The number of fused-ring (bicyclic) bond motifs is 6. The van der Waals surface area contributed by atoms with Gasteiger partial charge in [-0.25, -0.2) is 46.3 Å². The Labute approximate surface area is 595 Å². The Balaban J connectivity index is 0.000000200. The van der Waals surface area contributed by atoms with Crippen LogP contribution in [0.25, 0.3) is 20.4 Å². The van der Waals surface area contributed by atoms with Crippen LogP contribution in [-0.4, -0.2) is 186 Å². The minimum atomic E-state index is -3.87. The number of nitrogens with two attached hydrogens (primary N) is 1. The number of benzene rings is 2. The van der Waals surface area contributed by atoms with Crippen molar-refractivity contribution in [3.8, 4) is 21.9 Å². The largest absolute Gasteiger partial charge is 0.497 e. The summed E-state index contributed by atoms with van der Waals surface area (Å²) in [5, 5.41) is 25.8. The van der Waals surface area contributed by atoms with Crippen LogP contribution < -0.4 is 50.1 Å². The lowest BCUT2D eigenvalue weighted by atomic mass is 10.0. The maximum atomic E-state index is 14.3. The van der Waals surface area contributed by atoms with Crippen LogP contribution in [0.3, 0.4) is 0 Å². The van der Waals surface area contributed by atoms with Gasteiger partial charge in [-0.3, -0.25) is 28.7 Å². The molecule has 12 rings (SSSR count). The van der Waals surface area contributed by atoms with Gasteiger partial charge in [0.1, 0.15) is 70.2 Å². The van der Waals surface area contributed by atoms with Crippen molar-refractivity contribution in [1.29, 1.82) is 0 Å². The maximum absolute atomic E-state index is 14.3. The van der Waals surface area contributed by atoms with E-state index in [1.807, 2.05) is 48.6 Å². The van der Waals surface area contributed by atoms with Crippen LogP contribution in [0.5, 0.6) is 21.9 Å². The molecule has 2 aromatic heterocycles. The van der Waals surface area contributed by atoms with Crippen molar-refractivity contribution in [2.45, 2.75) is 226 Å². The number of hydrogen-bond acceptors (Lipinski definition) is 22. The molecular weight excluding hydrogens is 1390 g/mol. The van der Waals surface area contributed by atoms with Gasteiger partial charge < -0.3 is 64.6 Å². The number of hydrogen-bond donors (Lipinski definition) is 7. The number of sulfonamides is 2. The molecule has 2 aromatic carbocycles. The fourth-order valence-corrected chi connectivity index (χ4v) is 16.7. The standard InChI is InChI=1S/C34H45N5O9S2.C31H40N4O8S.C3H7NO2S/c1-33(2,3)48-31(43)35-25-11-9-7-5-6-8-10-20-18-34(20,30(42)38-50(44,45)23-13-14-23)37-28(40)26-16-22(19-39(26)29(25)41)47-32-36-24-15-12-21(46-4)17-27(24)49-32;1-30(2,3)43-28(40)32-22-11-9-7-5-6-8-10-18-16-31(18,27(38)39)34-25(36)23-14-20(17-35(23)26(22)37)42-29-33-21-13-12-19(41-4)15-24(21)44-29;4-7(5,6)3-1-2-3/h8,10,12,15,17,20,22-23,25-26H,5-7,9,11,13-14,16,18-19H2,1-4H3,(H,35,43)(H,37,40)(H,38,42);8,10,12-13,15,18,20,22-23H,5-7,9,11,14,16-17H2,1-4H3,(H,32,40)(H,34,36)(H,38,39);3H,1-2H2,(H2,4,5,6)/b2*10-8-;/t20-,22-,25+,26+,34-;18-,20-,22+,23+,31-;/m11./s1. The highest BCUT2D eigenvalue weighted by Crippen LogP contribution is 2.48. The van der Waals surface area contributed by atoms with E-state index in [1.165, 1.54) is 32.5 Å². The number of carbonyl (C=O) groups is 8. The second kappa shape index (κ2) is 31.0. The molecule has 0 radical (unpaired) electrons. The van der Waals surface area contributed by atoms with E-state index in [0.29, 0.717) is 72.3 Å². The van der Waals surface area contributed by atoms with Gasteiger partial charge in [-0.15, -0.1) is 0 Å². The molecule has 8 aliphatic rings. The normalized spacial score (nSPS) is 28.0. The molecule has 4 aliphatic heterocycles. The summed E-state index contributed by atoms with van der Waals surface area (Å²) in [5.41, 5.74) is -3.02. The van der Waals surface area contributed by atoms with Crippen LogP contribution >= 0.6 is 22.7 Å². The number of allylic oxidation sites excluding steroid dienone is 2. The summed E-state index contributed by atoms with van der Waals surface area (Å²) in [6.07, 6.45) is 14.8. The topological polar surface area (TPSA) is 399 Å². The third-order valence-electron chi connectivity index (χ3n) is 18.5. The summed E-state index contributed by atoms with van der Waals surface area (Å²) < 4.78 is 83.8. The van der Waals surface area contributed by atoms with Gasteiger partial charge in [0.15, 0.2) is 0 Å². The van der Waals surface area contributed by atoms with Gasteiger partial charge in [-0.1, -0.05) is 72.7 Å². The predicted molar refractivity (Wildman–Crippen MR) is 374 cm³/mol. The Morgan fingerprint density at radius 1 is 0.614 bits per heavy atom. The Kier molecular flexibility index (Phi) is 23.2. The summed E-state index contributed by atoms with van der Waals surface area (Å²) >= 11 is 2.63. The van der Waals surface area contributed by atoms with Crippen LogP contribution in [0, 0.1) is 11.8 Å². The van der Waals surface area contributed by atoms with E-state index in [-0.39, 0.29) is 49.9 Å². The predicted octanol–water partition coefficient (Wildman–Crippen LogP) is 7.01. The summed E-state index contributed by atoms with van der Waals surface area (Å²) in [4.78, 5) is 120. The molecule has 0 bridgehead atoms. The number of ether oxygens (including phenoxy) is 6. The molecule has 10 atom stereocenters. The van der Waals surface area contributed by atoms with Gasteiger partial charge in [0, 0.05) is 24.7 Å². The summed E-state index contributed by atoms with van der Waals surface area (Å²) in [6.45, 7) is 10.5. The van der Waals surface area contributed by atoms with E-state index in [1.54, 1.807) is 67.9 Å². The molecule has 4 saturated carbocycles. The number of nitrogens with zero attached hydrogens (tertiary/aromatic N) is 4. The van der Waals surface area contributed by atoms with Crippen molar-refractivity contribution in [3.63, 3.8) is 0 Å². The fourth-order valence-electron chi connectivity index (χ4n) is 12.7. The van der Waals surface area contributed by atoms with Crippen LogP contribution in [-0.2, 0) is 58.3 Å². The average Bonchev–Trinajstić information content (AvgIpc) is 1.58. The summed E-state index contributed by atoms with van der Waals surface area (Å²) in [7, 11) is -3.84. The number of carboxylic acid groups (broad SMARTS) is 1. The van der Waals surface area contributed by atoms with Crippen LogP contribution in [0.15, 0.2) is 60.7 Å². The van der Waals surface area contributed by atoms with E-state index in [4.69, 9.17) is 33.6 Å². The number of carbonyl (C=O) groups excluding carboxylic acids is 7. The van der Waals surface area contributed by atoms with Gasteiger partial charge in [0.2, 0.25) is 43.7 Å². The monoisotopic (exact) mass is 1480 g/mol. The molecule has 8 N–H and O–H groups in total. The Bertz CT molecular complexity index is 4070. The molecular formula is C68H92N10O19S4. The molecule has 33 heteroatoms. The smallest absolute Gasteiger partial charge is 0.408 e. The van der Waals surface area contributed by atoms with Crippen molar-refractivity contribution in [2.24, 2.45) is 17.0 Å². The highest BCUT2D eigenvalue weighted by Gasteiger charge is 2.63. The molecule has 0 unspecified atom stereocenters. The van der Waals surface area contributed by atoms with Crippen LogP contribution in [0.2, 0.25) is 0 Å². The van der Waals surface area contributed by atoms with E-state index >= 15 is 0 Å². The zero-order chi connectivity index (χ0) is 73.0. The van der Waals surface area contributed by atoms with Crippen molar-refractivity contribution in [3.05, 3.63) is 60.7 Å². The van der Waals surface area contributed by atoms with Crippen molar-refractivity contribution >= 4 is 111 Å². The van der Waals surface area contributed by atoms with Crippen molar-refractivity contribution < 1.29 is 88.7 Å². The Hall–Kier alpha value is -7.88. The first-order valence-corrected chi connectivity index (χ1v) is 39.1. The van der Waals surface area contributed by atoms with Gasteiger partial charge in [0.25, 0.3) is 16.3 Å². The van der Waals surface area contributed by atoms with Crippen LogP contribution in [0.4, 0.5) is 9.59 Å². The zero-order valence-electron chi connectivity index (χ0n) is 58.0. The molecule has 6 fully saturated rings. The number of primary sulfonamides is 1. The Morgan fingerprint density at radius 2 is 1.04 bits per heavy atom. The summed E-state index contributed by atoms with van der Waals surface area (Å²) in [6, 6.07) is 6.94. The van der Waals surface area contributed by atoms with E-state index in [2.05, 4.69) is 36.0 Å². The molecule has 6 heterocycles. The molecule has 7 amide bonds. The molecule has 4 aromatic rings. The first-order chi connectivity index (χ1) is 47.7. The number of amides is 7. The average molecular weight is 1480 g/mol. The number of alkyl carbamates (subject to hydrolysis) is 2. The second-order valence-electron chi connectivity index (χ2n) is 28.9. The molecule has 29 nitrogen and oxygen atoms in total. The van der Waals surface area contributed by atoms with Crippen molar-refractivity contribution in [1.82, 2.24) is 45.8 Å². The third-order valence-corrected chi connectivity index (χ3v) is 23.6. The van der Waals surface area contributed by atoms with Crippen LogP contribution in [0.1, 0.15) is 157 Å². The molecule has 2 saturated heterocycles. The van der Waals surface area contributed by atoms with Gasteiger partial charge in [-0.05, 0) is 155 Å². The minimum Gasteiger partial charge on any atom is -0.497 e. The first-order valence-electron chi connectivity index (χ1n) is 34.3. The second-order valence-corrected chi connectivity index (χ2v) is 34.7. The minimum absolute atomic E-state index is 0.0151. The number of rotatable bonds is 13. The highest BCUT2D eigenvalue weighted by molar-refractivity contribution is 7.91. The number of aliphatic carboxylic acids is 1. The maximum Gasteiger partial charge on any atom is 0.408 e. The van der Waals surface area contributed by atoms with Gasteiger partial charge in [-0.2, -0.15) is 0 Å². The first kappa shape index (κ1) is 75.8. The number of nitrogens with one attached hydrogen (secondary N) is 5. The number of carboxylic acids is 1. The number of thiazole rings is 2. The lowest BCUT2D eigenvalue weighted by molar-refractivity contribution is -0.145. The number of methoxy groups -OCH3 is 2. The lowest BCUT2D eigenvalue weighted by Crippen LogP contribution is -2.58.